The first kappa shape index (κ1) is 14.8. The maximum Gasteiger partial charge on any atom is 0.446 e. The molecule has 1 unspecified atom stereocenters. The van der Waals surface area contributed by atoms with Crippen molar-refractivity contribution < 1.29 is 13.2 Å². The molecule has 2 aromatic rings. The van der Waals surface area contributed by atoms with Crippen molar-refractivity contribution in [3.63, 3.8) is 0 Å². The van der Waals surface area contributed by atoms with E-state index < -0.39 is 5.51 Å². The molecule has 0 spiro atoms. The van der Waals surface area contributed by atoms with E-state index in [0.29, 0.717) is 5.69 Å². The van der Waals surface area contributed by atoms with Crippen LogP contribution in [0.4, 0.5) is 18.9 Å². The molecule has 0 bridgehead atoms. The van der Waals surface area contributed by atoms with Crippen molar-refractivity contribution in [1.29, 1.82) is 0 Å². The van der Waals surface area contributed by atoms with E-state index in [1.54, 1.807) is 18.2 Å². The molecule has 2 aromatic carbocycles. The van der Waals surface area contributed by atoms with Crippen LogP contribution in [0.25, 0.3) is 0 Å². The molecule has 0 heterocycles. The van der Waals surface area contributed by atoms with Gasteiger partial charge in [-0.05, 0) is 36.4 Å². The van der Waals surface area contributed by atoms with Crippen LogP contribution >= 0.6 is 11.8 Å². The second kappa shape index (κ2) is 6.22. The van der Waals surface area contributed by atoms with Gasteiger partial charge in [-0.2, -0.15) is 13.2 Å². The Morgan fingerprint density at radius 1 is 0.950 bits per heavy atom. The summed E-state index contributed by atoms with van der Waals surface area (Å²) in [6, 6.07) is 16.0. The summed E-state index contributed by atoms with van der Waals surface area (Å²) < 4.78 is 37.6. The highest BCUT2D eigenvalue weighted by Gasteiger charge is 2.30. The molecule has 0 saturated heterocycles. The third-order valence-corrected chi connectivity index (χ3v) is 3.59. The minimum absolute atomic E-state index is 0.0637. The number of hydrogen-bond donors (Lipinski definition) is 1. The van der Waals surface area contributed by atoms with Gasteiger partial charge in [0.1, 0.15) is 0 Å². The molecular weight excluding hydrogens is 283 g/mol. The van der Waals surface area contributed by atoms with Gasteiger partial charge < -0.3 is 5.32 Å². The summed E-state index contributed by atoms with van der Waals surface area (Å²) in [7, 11) is 0. The minimum atomic E-state index is -4.28. The lowest BCUT2D eigenvalue weighted by Crippen LogP contribution is -2.08. The lowest BCUT2D eigenvalue weighted by Gasteiger charge is -2.18. The molecule has 0 amide bonds. The topological polar surface area (TPSA) is 12.0 Å². The van der Waals surface area contributed by atoms with E-state index >= 15 is 0 Å². The van der Waals surface area contributed by atoms with Crippen LogP contribution in [0.1, 0.15) is 18.5 Å². The van der Waals surface area contributed by atoms with Gasteiger partial charge >= 0.3 is 5.51 Å². The summed E-state index contributed by atoms with van der Waals surface area (Å²) in [5.74, 6) is 0. The van der Waals surface area contributed by atoms with Gasteiger partial charge in [0.05, 0.1) is 0 Å². The number of para-hydroxylation sites is 1. The van der Waals surface area contributed by atoms with Crippen molar-refractivity contribution in [2.75, 3.05) is 5.32 Å². The molecule has 106 valence electrons. The van der Waals surface area contributed by atoms with Crippen LogP contribution in [0.15, 0.2) is 59.5 Å². The predicted octanol–water partition coefficient (Wildman–Crippen LogP) is 5.47. The Balaban J connectivity index is 2.17. The van der Waals surface area contributed by atoms with E-state index in [0.717, 1.165) is 5.56 Å². The lowest BCUT2D eigenvalue weighted by atomic mass is 10.1. The molecule has 20 heavy (non-hydrogen) atoms. The summed E-state index contributed by atoms with van der Waals surface area (Å²) >= 11 is -0.0980. The molecule has 5 heteroatoms. The fraction of sp³-hybridized carbons (Fsp3) is 0.200. The van der Waals surface area contributed by atoms with Crippen molar-refractivity contribution in [3.8, 4) is 0 Å². The monoisotopic (exact) mass is 297 g/mol. The number of alkyl halides is 3. The zero-order valence-corrected chi connectivity index (χ0v) is 11.6. The average Bonchev–Trinajstić information content (AvgIpc) is 2.40. The van der Waals surface area contributed by atoms with Crippen LogP contribution in [0.3, 0.4) is 0 Å². The van der Waals surface area contributed by atoms with Gasteiger partial charge in [-0.25, -0.2) is 0 Å². The number of halogens is 3. The molecule has 0 radical (unpaired) electrons. The minimum Gasteiger partial charge on any atom is -0.378 e. The van der Waals surface area contributed by atoms with Gasteiger partial charge in [-0.15, -0.1) is 0 Å². The van der Waals surface area contributed by atoms with Crippen LogP contribution in [-0.4, -0.2) is 5.51 Å². The second-order valence-corrected chi connectivity index (χ2v) is 5.43. The number of rotatable bonds is 4. The SMILES string of the molecule is CC(Nc1ccccc1SC(F)(F)F)c1ccccc1. The highest BCUT2D eigenvalue weighted by atomic mass is 32.2. The Bertz CT molecular complexity index is 555. The zero-order valence-electron chi connectivity index (χ0n) is 10.8. The van der Waals surface area contributed by atoms with Gasteiger partial charge in [0, 0.05) is 16.6 Å². The fourth-order valence-corrected chi connectivity index (χ4v) is 2.49. The molecule has 0 aromatic heterocycles. The van der Waals surface area contributed by atoms with Crippen LogP contribution in [-0.2, 0) is 0 Å². The van der Waals surface area contributed by atoms with Gasteiger partial charge in [0.2, 0.25) is 0 Å². The van der Waals surface area contributed by atoms with E-state index in [-0.39, 0.29) is 22.7 Å². The second-order valence-electron chi connectivity index (χ2n) is 4.32. The Kier molecular flexibility index (Phi) is 4.60. The highest BCUT2D eigenvalue weighted by molar-refractivity contribution is 8.00. The van der Waals surface area contributed by atoms with E-state index in [1.807, 2.05) is 37.3 Å². The van der Waals surface area contributed by atoms with Gasteiger partial charge in [-0.1, -0.05) is 42.5 Å². The first-order chi connectivity index (χ1) is 9.46. The standard InChI is InChI=1S/C15H14F3NS/c1-11(12-7-3-2-4-8-12)19-13-9-5-6-10-14(13)20-15(16,17)18/h2-11,19H,1H3. The Morgan fingerprint density at radius 3 is 2.20 bits per heavy atom. The van der Waals surface area contributed by atoms with Crippen LogP contribution in [0, 0.1) is 0 Å². The van der Waals surface area contributed by atoms with E-state index in [9.17, 15) is 13.2 Å². The number of anilines is 1. The summed E-state index contributed by atoms with van der Waals surface area (Å²) in [4.78, 5) is 0.183. The molecule has 1 atom stereocenters. The summed E-state index contributed by atoms with van der Waals surface area (Å²) in [6.07, 6.45) is 0. The molecule has 0 saturated carbocycles. The molecule has 0 fully saturated rings. The quantitative estimate of drug-likeness (QED) is 0.751. The first-order valence-electron chi connectivity index (χ1n) is 6.12. The largest absolute Gasteiger partial charge is 0.446 e. The normalized spacial score (nSPS) is 13.0. The molecule has 0 aliphatic carbocycles. The maximum atomic E-state index is 12.5. The Morgan fingerprint density at radius 2 is 1.55 bits per heavy atom. The number of benzene rings is 2. The van der Waals surface area contributed by atoms with Crippen LogP contribution < -0.4 is 5.32 Å². The Labute approximate surface area is 120 Å². The summed E-state index contributed by atoms with van der Waals surface area (Å²) in [6.45, 7) is 1.92. The molecule has 1 nitrogen and oxygen atoms in total. The van der Waals surface area contributed by atoms with Crippen molar-refractivity contribution >= 4 is 17.4 Å². The third-order valence-electron chi connectivity index (χ3n) is 2.78. The van der Waals surface area contributed by atoms with E-state index in [2.05, 4.69) is 5.32 Å². The molecule has 0 aliphatic rings. The fourth-order valence-electron chi connectivity index (χ4n) is 1.86. The predicted molar refractivity (Wildman–Crippen MR) is 76.8 cm³/mol. The average molecular weight is 297 g/mol. The number of nitrogens with one attached hydrogen (secondary N) is 1. The van der Waals surface area contributed by atoms with Crippen molar-refractivity contribution in [2.24, 2.45) is 0 Å². The van der Waals surface area contributed by atoms with E-state index in [1.165, 1.54) is 6.07 Å². The van der Waals surface area contributed by atoms with Crippen molar-refractivity contribution in [3.05, 3.63) is 60.2 Å². The van der Waals surface area contributed by atoms with Gasteiger partial charge in [-0.3, -0.25) is 0 Å². The summed E-state index contributed by atoms with van der Waals surface area (Å²) in [5, 5.41) is 3.13. The maximum absolute atomic E-state index is 12.5. The van der Waals surface area contributed by atoms with Gasteiger partial charge in [0.25, 0.3) is 0 Å². The lowest BCUT2D eigenvalue weighted by molar-refractivity contribution is -0.0327. The third kappa shape index (κ3) is 4.20. The molecule has 1 N–H and O–H groups in total. The van der Waals surface area contributed by atoms with E-state index in [4.69, 9.17) is 0 Å². The molecule has 0 aliphatic heterocycles. The summed E-state index contributed by atoms with van der Waals surface area (Å²) in [5.41, 5.74) is -2.76. The first-order valence-corrected chi connectivity index (χ1v) is 6.93. The van der Waals surface area contributed by atoms with Crippen LogP contribution in [0.2, 0.25) is 0 Å². The molecular formula is C15H14F3NS. The van der Waals surface area contributed by atoms with Crippen molar-refractivity contribution in [2.45, 2.75) is 23.4 Å². The number of thioether (sulfide) groups is 1. The van der Waals surface area contributed by atoms with Crippen molar-refractivity contribution in [1.82, 2.24) is 0 Å². The van der Waals surface area contributed by atoms with Gasteiger partial charge in [0.15, 0.2) is 0 Å². The highest BCUT2D eigenvalue weighted by Crippen LogP contribution is 2.41. The number of hydrogen-bond acceptors (Lipinski definition) is 2. The molecule has 2 rings (SSSR count). The zero-order chi connectivity index (χ0) is 14.6. The Hall–Kier alpha value is -1.62. The van der Waals surface area contributed by atoms with Crippen LogP contribution in [0.5, 0.6) is 0 Å². The smallest absolute Gasteiger partial charge is 0.378 e.